The van der Waals surface area contributed by atoms with E-state index in [0.29, 0.717) is 40.9 Å². The van der Waals surface area contributed by atoms with Crippen LogP contribution >= 0.6 is 0 Å². The molecule has 0 bridgehead atoms. The number of anilines is 2. The molecule has 3 aromatic carbocycles. The molecule has 0 radical (unpaired) electrons. The van der Waals surface area contributed by atoms with Crippen LogP contribution in [0.15, 0.2) is 72.9 Å². The van der Waals surface area contributed by atoms with Gasteiger partial charge < -0.3 is 20.7 Å². The van der Waals surface area contributed by atoms with Crippen LogP contribution in [0.2, 0.25) is 0 Å². The van der Waals surface area contributed by atoms with Gasteiger partial charge in [-0.2, -0.15) is 0 Å². The van der Waals surface area contributed by atoms with Crippen molar-refractivity contribution in [2.24, 2.45) is 11.7 Å². The molecule has 0 saturated heterocycles. The molecule has 0 unspecified atom stereocenters. The van der Waals surface area contributed by atoms with Crippen molar-refractivity contribution in [2.45, 2.75) is 20.8 Å². The smallest absolute Gasteiger partial charge is 0.257 e. The monoisotopic (exact) mass is 496 g/mol. The van der Waals surface area contributed by atoms with E-state index in [2.05, 4.69) is 29.0 Å². The zero-order valence-corrected chi connectivity index (χ0v) is 21.4. The number of hydrogen-bond donors (Lipinski definition) is 2. The molecule has 0 aliphatic heterocycles. The number of aldehydes is 1. The van der Waals surface area contributed by atoms with Gasteiger partial charge >= 0.3 is 0 Å². The van der Waals surface area contributed by atoms with Gasteiger partial charge in [-0.15, -0.1) is 0 Å². The minimum Gasteiger partial charge on any atom is -0.457 e. The number of aromatic nitrogens is 1. The highest BCUT2D eigenvalue weighted by Gasteiger charge is 2.14. The highest BCUT2D eigenvalue weighted by atomic mass is 16.5. The number of fused-ring (bicyclic) bond motifs is 1. The van der Waals surface area contributed by atoms with Gasteiger partial charge in [0, 0.05) is 48.7 Å². The maximum absolute atomic E-state index is 13.0. The average Bonchev–Trinajstić information content (AvgIpc) is 2.87. The number of hydrogen-bond acceptors (Lipinski definition) is 6. The van der Waals surface area contributed by atoms with Gasteiger partial charge in [0.05, 0.1) is 0 Å². The van der Waals surface area contributed by atoms with E-state index in [1.807, 2.05) is 55.5 Å². The van der Waals surface area contributed by atoms with Crippen LogP contribution in [-0.2, 0) is 0 Å². The summed E-state index contributed by atoms with van der Waals surface area (Å²) in [4.78, 5) is 30.8. The Kier molecular flexibility index (Phi) is 8.15. The summed E-state index contributed by atoms with van der Waals surface area (Å²) in [6, 6.07) is 20.3. The number of benzene rings is 3. The van der Waals surface area contributed by atoms with Crippen LogP contribution in [0, 0.1) is 12.8 Å². The van der Waals surface area contributed by atoms with Gasteiger partial charge in [-0.1, -0.05) is 32.0 Å². The number of ether oxygens (including phenoxy) is 1. The zero-order valence-electron chi connectivity index (χ0n) is 21.4. The van der Waals surface area contributed by atoms with Crippen LogP contribution in [-0.4, -0.2) is 36.8 Å². The van der Waals surface area contributed by atoms with Crippen LogP contribution in [0.3, 0.4) is 0 Å². The fourth-order valence-electron chi connectivity index (χ4n) is 4.34. The van der Waals surface area contributed by atoms with E-state index >= 15 is 0 Å². The fraction of sp³-hybridized carbons (Fsp3) is 0.233. The minimum absolute atomic E-state index is 0.241. The van der Waals surface area contributed by atoms with Crippen molar-refractivity contribution in [3.05, 3.63) is 89.6 Å². The highest BCUT2D eigenvalue weighted by molar-refractivity contribution is 6.05. The van der Waals surface area contributed by atoms with E-state index in [1.165, 1.54) is 0 Å². The van der Waals surface area contributed by atoms with Crippen LogP contribution in [0.1, 0.15) is 40.1 Å². The van der Waals surface area contributed by atoms with Crippen LogP contribution in [0.5, 0.6) is 11.5 Å². The summed E-state index contributed by atoms with van der Waals surface area (Å²) >= 11 is 0. The second-order valence-electron chi connectivity index (χ2n) is 9.41. The Hall–Kier alpha value is -4.23. The number of carbonyl (C=O) groups is 2. The molecule has 7 nitrogen and oxygen atoms in total. The summed E-state index contributed by atoms with van der Waals surface area (Å²) in [6.45, 7) is 8.50. The molecule has 0 aliphatic rings. The first-order valence-electron chi connectivity index (χ1n) is 12.4. The Morgan fingerprint density at radius 2 is 1.89 bits per heavy atom. The van der Waals surface area contributed by atoms with E-state index in [-0.39, 0.29) is 5.91 Å². The number of nitrogens with one attached hydrogen (secondary N) is 1. The molecular formula is C30H32N4O3. The number of amides is 1. The molecule has 0 fully saturated rings. The van der Waals surface area contributed by atoms with Gasteiger partial charge in [0.1, 0.15) is 17.3 Å². The lowest BCUT2D eigenvalue weighted by molar-refractivity contribution is 0.102. The van der Waals surface area contributed by atoms with E-state index in [4.69, 9.17) is 10.5 Å². The SMILES string of the molecule is Cc1cc(N(CCN)CC(C)C)ccc1C(=O)Nc1cc(Oc2ccc3c(C=O)cccc3c2)ccn1. The van der Waals surface area contributed by atoms with Crippen molar-refractivity contribution in [3.8, 4) is 11.5 Å². The Labute approximate surface area is 217 Å². The quantitative estimate of drug-likeness (QED) is 0.269. The molecule has 1 heterocycles. The van der Waals surface area contributed by atoms with Crippen LogP contribution in [0.25, 0.3) is 10.8 Å². The molecule has 0 saturated carbocycles. The zero-order chi connectivity index (χ0) is 26.4. The van der Waals surface area contributed by atoms with Gasteiger partial charge in [-0.3, -0.25) is 9.59 Å². The van der Waals surface area contributed by atoms with E-state index in [1.54, 1.807) is 24.4 Å². The van der Waals surface area contributed by atoms with E-state index < -0.39 is 0 Å². The number of rotatable bonds is 10. The molecule has 7 heteroatoms. The van der Waals surface area contributed by atoms with Crippen molar-refractivity contribution in [1.29, 1.82) is 0 Å². The first-order chi connectivity index (χ1) is 17.9. The van der Waals surface area contributed by atoms with Crippen molar-refractivity contribution in [3.63, 3.8) is 0 Å². The standard InChI is InChI=1S/C30H32N4O3/c1-20(2)18-34(14-12-31)24-7-9-27(21(3)15-24)30(36)33-29-17-26(11-13-32-29)37-25-8-10-28-22(16-25)5-4-6-23(28)19-35/h4-11,13,15-17,19-20H,12,14,18,31H2,1-3H3,(H,32,33,36). The average molecular weight is 497 g/mol. The first-order valence-corrected chi connectivity index (χ1v) is 12.4. The largest absolute Gasteiger partial charge is 0.457 e. The third-order valence-electron chi connectivity index (χ3n) is 6.03. The van der Waals surface area contributed by atoms with Gasteiger partial charge in [0.2, 0.25) is 0 Å². The second kappa shape index (κ2) is 11.7. The van der Waals surface area contributed by atoms with Crippen molar-refractivity contribution in [2.75, 3.05) is 29.9 Å². The minimum atomic E-state index is -0.241. The Balaban J connectivity index is 1.48. The van der Waals surface area contributed by atoms with Crippen molar-refractivity contribution in [1.82, 2.24) is 4.98 Å². The molecule has 1 amide bonds. The molecule has 4 rings (SSSR count). The lowest BCUT2D eigenvalue weighted by Crippen LogP contribution is -2.32. The summed E-state index contributed by atoms with van der Waals surface area (Å²) in [6.07, 6.45) is 2.43. The Bertz CT molecular complexity index is 1420. The van der Waals surface area contributed by atoms with Crippen LogP contribution in [0.4, 0.5) is 11.5 Å². The number of pyridine rings is 1. The molecule has 4 aromatic rings. The molecule has 0 spiro atoms. The van der Waals surface area contributed by atoms with E-state index in [0.717, 1.165) is 41.4 Å². The Morgan fingerprint density at radius 1 is 1.08 bits per heavy atom. The van der Waals surface area contributed by atoms with E-state index in [9.17, 15) is 9.59 Å². The number of carbonyl (C=O) groups excluding carboxylic acids is 2. The van der Waals surface area contributed by atoms with Crippen LogP contribution < -0.4 is 20.7 Å². The molecule has 0 atom stereocenters. The molecule has 1 aromatic heterocycles. The van der Waals surface area contributed by atoms with Crippen molar-refractivity contribution < 1.29 is 14.3 Å². The Morgan fingerprint density at radius 3 is 2.62 bits per heavy atom. The summed E-state index contributed by atoms with van der Waals surface area (Å²) in [5, 5.41) is 4.64. The van der Waals surface area contributed by atoms with Gasteiger partial charge in [-0.25, -0.2) is 4.98 Å². The number of nitrogens with zero attached hydrogens (tertiary/aromatic N) is 2. The normalized spacial score (nSPS) is 10.9. The van der Waals surface area contributed by atoms with Crippen molar-refractivity contribution >= 4 is 34.5 Å². The molecule has 3 N–H and O–H groups in total. The van der Waals surface area contributed by atoms with Gasteiger partial charge in [-0.05, 0) is 71.6 Å². The summed E-state index contributed by atoms with van der Waals surface area (Å²) in [5.74, 6) is 1.80. The molecule has 37 heavy (non-hydrogen) atoms. The lowest BCUT2D eigenvalue weighted by atomic mass is 10.1. The summed E-state index contributed by atoms with van der Waals surface area (Å²) in [5.41, 5.74) is 8.94. The third kappa shape index (κ3) is 6.32. The topological polar surface area (TPSA) is 97.5 Å². The maximum atomic E-state index is 13.0. The molecule has 190 valence electrons. The second-order valence-corrected chi connectivity index (χ2v) is 9.41. The lowest BCUT2D eigenvalue weighted by Gasteiger charge is -2.27. The summed E-state index contributed by atoms with van der Waals surface area (Å²) < 4.78 is 6.01. The fourth-order valence-corrected chi connectivity index (χ4v) is 4.34. The molecular weight excluding hydrogens is 464 g/mol. The third-order valence-corrected chi connectivity index (χ3v) is 6.03. The highest BCUT2D eigenvalue weighted by Crippen LogP contribution is 2.28. The molecule has 0 aliphatic carbocycles. The first kappa shape index (κ1) is 25.9. The number of aryl methyl sites for hydroxylation is 1. The summed E-state index contributed by atoms with van der Waals surface area (Å²) in [7, 11) is 0. The predicted octanol–water partition coefficient (Wildman–Crippen LogP) is 5.82. The van der Waals surface area contributed by atoms with Gasteiger partial charge in [0.15, 0.2) is 6.29 Å². The number of nitrogens with two attached hydrogens (primary N) is 1. The van der Waals surface area contributed by atoms with Gasteiger partial charge in [0.25, 0.3) is 5.91 Å². The maximum Gasteiger partial charge on any atom is 0.257 e. The predicted molar refractivity (Wildman–Crippen MR) is 149 cm³/mol.